The summed E-state index contributed by atoms with van der Waals surface area (Å²) in [5.41, 5.74) is 3.67. The molecule has 0 fully saturated rings. The third-order valence-corrected chi connectivity index (χ3v) is 3.59. The molecule has 8 nitrogen and oxygen atoms in total. The molecule has 0 saturated carbocycles. The number of nitrogens with zero attached hydrogens (tertiary/aromatic N) is 1. The molecule has 2 aromatic rings. The van der Waals surface area contributed by atoms with Gasteiger partial charge in [0.15, 0.2) is 0 Å². The average Bonchev–Trinajstić information content (AvgIpc) is 3.03. The van der Waals surface area contributed by atoms with Crippen LogP contribution in [0.15, 0.2) is 48.7 Å². The van der Waals surface area contributed by atoms with E-state index in [0.29, 0.717) is 0 Å². The molecule has 0 spiro atoms. The number of aromatic nitrogens is 1. The second kappa shape index (κ2) is 8.00. The van der Waals surface area contributed by atoms with Gasteiger partial charge in [0.1, 0.15) is 11.7 Å². The van der Waals surface area contributed by atoms with E-state index in [9.17, 15) is 14.4 Å². The van der Waals surface area contributed by atoms with E-state index < -0.39 is 18.0 Å². The van der Waals surface area contributed by atoms with Gasteiger partial charge in [-0.2, -0.15) is 0 Å². The number of amides is 3. The third-order valence-electron chi connectivity index (χ3n) is 3.59. The Morgan fingerprint density at radius 2 is 1.68 bits per heavy atom. The minimum atomic E-state index is -1.30. The van der Waals surface area contributed by atoms with Crippen molar-refractivity contribution in [2.75, 3.05) is 5.43 Å². The molecule has 0 aliphatic carbocycles. The van der Waals surface area contributed by atoms with Crippen LogP contribution in [0.2, 0.25) is 0 Å². The van der Waals surface area contributed by atoms with E-state index in [-0.39, 0.29) is 17.6 Å². The van der Waals surface area contributed by atoms with E-state index in [1.807, 2.05) is 42.6 Å². The largest absolute Gasteiger partial charge is 0.465 e. The molecule has 3 amide bonds. The molecule has 4 N–H and O–H groups in total. The molecule has 0 unspecified atom stereocenters. The zero-order chi connectivity index (χ0) is 18.4. The number of hydrogen-bond acceptors (Lipinski definition) is 3. The molecule has 1 aromatic carbocycles. The Labute approximate surface area is 144 Å². The van der Waals surface area contributed by atoms with Gasteiger partial charge in [-0.3, -0.25) is 19.7 Å². The second-order valence-electron chi connectivity index (χ2n) is 5.52. The molecule has 0 saturated heterocycles. The van der Waals surface area contributed by atoms with Crippen LogP contribution in [0, 0.1) is 0 Å². The van der Waals surface area contributed by atoms with E-state index in [1.165, 1.54) is 17.8 Å². The van der Waals surface area contributed by atoms with E-state index in [4.69, 9.17) is 5.11 Å². The van der Waals surface area contributed by atoms with Crippen molar-refractivity contribution >= 4 is 17.9 Å². The van der Waals surface area contributed by atoms with Gasteiger partial charge < -0.3 is 15.7 Å². The molecule has 1 aromatic heterocycles. The maximum atomic E-state index is 12.4. The van der Waals surface area contributed by atoms with Crippen LogP contribution in [0.1, 0.15) is 35.9 Å². The lowest BCUT2D eigenvalue weighted by Gasteiger charge is -2.17. The first-order valence-corrected chi connectivity index (χ1v) is 7.72. The smallest absolute Gasteiger partial charge is 0.405 e. The number of hydrogen-bond donors (Lipinski definition) is 4. The zero-order valence-corrected chi connectivity index (χ0v) is 13.9. The van der Waals surface area contributed by atoms with E-state index >= 15 is 0 Å². The molecule has 1 heterocycles. The number of rotatable bonds is 6. The van der Waals surface area contributed by atoms with Crippen LogP contribution in [-0.2, 0) is 4.79 Å². The van der Waals surface area contributed by atoms with Crippen molar-refractivity contribution in [2.24, 2.45) is 0 Å². The summed E-state index contributed by atoms with van der Waals surface area (Å²) in [7, 11) is 0. The van der Waals surface area contributed by atoms with Crippen molar-refractivity contribution in [3.05, 3.63) is 59.9 Å². The summed E-state index contributed by atoms with van der Waals surface area (Å²) in [4.78, 5) is 35.0. The summed E-state index contributed by atoms with van der Waals surface area (Å²) in [5, 5.41) is 13.5. The predicted molar refractivity (Wildman–Crippen MR) is 91.7 cm³/mol. The van der Waals surface area contributed by atoms with Gasteiger partial charge in [-0.25, -0.2) is 4.79 Å². The Kier molecular flexibility index (Phi) is 5.78. The standard InChI is InChI=1S/C17H20N4O4/c1-11(13-7-4-3-5-8-13)18-16(23)14-9-6-10-21(14)20-15(22)12(2)19-17(24)25/h3-12,19H,1-2H3,(H,18,23)(H,20,22)(H,24,25)/t11-,12-/m0/s1. The Bertz CT molecular complexity index is 757. The molecule has 8 heteroatoms. The van der Waals surface area contributed by atoms with Gasteiger partial charge in [0, 0.05) is 6.20 Å². The summed E-state index contributed by atoms with van der Waals surface area (Å²) >= 11 is 0. The number of carbonyl (C=O) groups is 3. The second-order valence-corrected chi connectivity index (χ2v) is 5.52. The van der Waals surface area contributed by atoms with Gasteiger partial charge in [0.2, 0.25) is 0 Å². The fraction of sp³-hybridized carbons (Fsp3) is 0.235. The first kappa shape index (κ1) is 18.1. The number of carboxylic acid groups (broad SMARTS) is 1. The maximum absolute atomic E-state index is 12.4. The lowest BCUT2D eigenvalue weighted by Crippen LogP contribution is -2.44. The highest BCUT2D eigenvalue weighted by molar-refractivity contribution is 5.95. The van der Waals surface area contributed by atoms with E-state index in [1.54, 1.807) is 12.1 Å². The lowest BCUT2D eigenvalue weighted by molar-refractivity contribution is -0.118. The van der Waals surface area contributed by atoms with Crippen molar-refractivity contribution in [2.45, 2.75) is 25.9 Å². The molecule has 0 aliphatic heterocycles. The predicted octanol–water partition coefficient (Wildman–Crippen LogP) is 1.71. The van der Waals surface area contributed by atoms with Crippen LogP contribution in [-0.4, -0.2) is 33.7 Å². The molecule has 132 valence electrons. The van der Waals surface area contributed by atoms with Crippen molar-refractivity contribution in [1.29, 1.82) is 0 Å². The van der Waals surface area contributed by atoms with Crippen LogP contribution < -0.4 is 16.1 Å². The van der Waals surface area contributed by atoms with Gasteiger partial charge in [-0.15, -0.1) is 0 Å². The van der Waals surface area contributed by atoms with Gasteiger partial charge in [-0.05, 0) is 31.5 Å². The Hall–Kier alpha value is -3.29. The highest BCUT2D eigenvalue weighted by atomic mass is 16.4. The molecule has 0 bridgehead atoms. The fourth-order valence-electron chi connectivity index (χ4n) is 2.23. The van der Waals surface area contributed by atoms with Gasteiger partial charge in [0.05, 0.1) is 6.04 Å². The Morgan fingerprint density at radius 1 is 1.00 bits per heavy atom. The van der Waals surface area contributed by atoms with Crippen LogP contribution >= 0.6 is 0 Å². The van der Waals surface area contributed by atoms with Crippen LogP contribution in [0.3, 0.4) is 0 Å². The van der Waals surface area contributed by atoms with Crippen LogP contribution in [0.4, 0.5) is 4.79 Å². The molecular weight excluding hydrogens is 324 g/mol. The Balaban J connectivity index is 2.04. The van der Waals surface area contributed by atoms with Crippen molar-refractivity contribution in [1.82, 2.24) is 15.3 Å². The SMILES string of the molecule is C[C@H](NC(=O)O)C(=O)Nn1cccc1C(=O)N[C@@H](C)c1ccccc1. The van der Waals surface area contributed by atoms with E-state index in [2.05, 4.69) is 10.7 Å². The molecule has 0 aliphatic rings. The minimum absolute atomic E-state index is 0.208. The molecule has 2 rings (SSSR count). The number of nitrogens with one attached hydrogen (secondary N) is 3. The highest BCUT2D eigenvalue weighted by Gasteiger charge is 2.19. The Morgan fingerprint density at radius 3 is 2.32 bits per heavy atom. The lowest BCUT2D eigenvalue weighted by atomic mass is 10.1. The summed E-state index contributed by atoms with van der Waals surface area (Å²) in [6.07, 6.45) is 0.206. The van der Waals surface area contributed by atoms with E-state index in [0.717, 1.165) is 5.56 Å². The summed E-state index contributed by atoms with van der Waals surface area (Å²) < 4.78 is 1.26. The number of carbonyl (C=O) groups excluding carboxylic acids is 2. The quantitative estimate of drug-likeness (QED) is 0.639. The van der Waals surface area contributed by atoms with Crippen molar-refractivity contribution in [3.63, 3.8) is 0 Å². The summed E-state index contributed by atoms with van der Waals surface area (Å²) in [5.74, 6) is -0.941. The fourth-order valence-corrected chi connectivity index (χ4v) is 2.23. The topological polar surface area (TPSA) is 112 Å². The molecule has 25 heavy (non-hydrogen) atoms. The normalized spacial score (nSPS) is 12.7. The van der Waals surface area contributed by atoms with Gasteiger partial charge >= 0.3 is 6.09 Å². The zero-order valence-electron chi connectivity index (χ0n) is 13.9. The van der Waals surface area contributed by atoms with Crippen molar-refractivity contribution in [3.8, 4) is 0 Å². The van der Waals surface area contributed by atoms with Gasteiger partial charge in [0.25, 0.3) is 11.8 Å². The van der Waals surface area contributed by atoms with Crippen molar-refractivity contribution < 1.29 is 19.5 Å². The van der Waals surface area contributed by atoms with Crippen LogP contribution in [0.5, 0.6) is 0 Å². The summed E-state index contributed by atoms with van der Waals surface area (Å²) in [6, 6.07) is 11.5. The van der Waals surface area contributed by atoms with Crippen LogP contribution in [0.25, 0.3) is 0 Å². The summed E-state index contributed by atoms with van der Waals surface area (Å²) in [6.45, 7) is 3.27. The minimum Gasteiger partial charge on any atom is -0.465 e. The highest BCUT2D eigenvalue weighted by Crippen LogP contribution is 2.12. The molecule has 2 atom stereocenters. The monoisotopic (exact) mass is 344 g/mol. The maximum Gasteiger partial charge on any atom is 0.405 e. The first-order chi connectivity index (χ1) is 11.9. The average molecular weight is 344 g/mol. The third kappa shape index (κ3) is 4.84. The molecular formula is C17H20N4O4. The molecule has 0 radical (unpaired) electrons. The van der Waals surface area contributed by atoms with Gasteiger partial charge in [-0.1, -0.05) is 30.3 Å². The first-order valence-electron chi connectivity index (χ1n) is 7.72. The number of benzene rings is 1.